The van der Waals surface area contributed by atoms with Gasteiger partial charge in [-0.2, -0.15) is 0 Å². The van der Waals surface area contributed by atoms with Gasteiger partial charge in [0.25, 0.3) is 0 Å². The van der Waals surface area contributed by atoms with Crippen LogP contribution >= 0.6 is 0 Å². The second-order valence-corrected chi connectivity index (χ2v) is 7.18. The van der Waals surface area contributed by atoms with Gasteiger partial charge >= 0.3 is 0 Å². The van der Waals surface area contributed by atoms with Crippen molar-refractivity contribution in [3.63, 3.8) is 0 Å². The zero-order valence-corrected chi connectivity index (χ0v) is 11.7. The maximum atomic E-state index is 11.3. The molecule has 3 saturated carbocycles. The maximum absolute atomic E-state index is 11.3. The molecule has 102 valence electrons. The lowest BCUT2D eigenvalue weighted by Gasteiger charge is -2.35. The molecule has 0 unspecified atom stereocenters. The van der Waals surface area contributed by atoms with E-state index in [1.54, 1.807) is 0 Å². The van der Waals surface area contributed by atoms with Crippen LogP contribution in [0.2, 0.25) is 0 Å². The predicted octanol–water partition coefficient (Wildman–Crippen LogP) is 4.74. The minimum absolute atomic E-state index is 0.518. The SMILES string of the molecule is O=C1CCC(C2CCC(CCC3CC3)CC2)CC1. The monoisotopic (exact) mass is 248 g/mol. The zero-order valence-electron chi connectivity index (χ0n) is 11.7. The van der Waals surface area contributed by atoms with E-state index < -0.39 is 0 Å². The normalized spacial score (nSPS) is 34.8. The first kappa shape index (κ1) is 12.7. The van der Waals surface area contributed by atoms with Crippen molar-refractivity contribution in [3.8, 4) is 0 Å². The molecule has 3 aliphatic carbocycles. The van der Waals surface area contributed by atoms with Crippen molar-refractivity contribution in [1.82, 2.24) is 0 Å². The summed E-state index contributed by atoms with van der Waals surface area (Å²) < 4.78 is 0. The maximum Gasteiger partial charge on any atom is 0.132 e. The summed E-state index contributed by atoms with van der Waals surface area (Å²) in [7, 11) is 0. The second kappa shape index (κ2) is 5.75. The highest BCUT2D eigenvalue weighted by molar-refractivity contribution is 5.79. The first-order chi connectivity index (χ1) is 8.81. The quantitative estimate of drug-likeness (QED) is 0.702. The summed E-state index contributed by atoms with van der Waals surface area (Å²) >= 11 is 0. The number of hydrogen-bond acceptors (Lipinski definition) is 1. The molecular formula is C17H28O. The van der Waals surface area contributed by atoms with Gasteiger partial charge in [0, 0.05) is 12.8 Å². The lowest BCUT2D eigenvalue weighted by molar-refractivity contribution is -0.121. The largest absolute Gasteiger partial charge is 0.300 e. The van der Waals surface area contributed by atoms with Gasteiger partial charge in [-0.1, -0.05) is 38.5 Å². The van der Waals surface area contributed by atoms with E-state index in [1.165, 1.54) is 64.2 Å². The lowest BCUT2D eigenvalue weighted by atomic mass is 9.70. The molecule has 0 N–H and O–H groups in total. The van der Waals surface area contributed by atoms with Crippen LogP contribution in [0.25, 0.3) is 0 Å². The molecule has 1 heteroatoms. The number of rotatable bonds is 4. The number of Topliss-reactive ketones (excluding diaryl/α,β-unsaturated/α-hetero) is 1. The van der Waals surface area contributed by atoms with Crippen molar-refractivity contribution >= 4 is 5.78 Å². The van der Waals surface area contributed by atoms with Gasteiger partial charge in [0.05, 0.1) is 0 Å². The first-order valence-corrected chi connectivity index (χ1v) is 8.33. The lowest BCUT2D eigenvalue weighted by Crippen LogP contribution is -2.25. The van der Waals surface area contributed by atoms with Gasteiger partial charge in [0.2, 0.25) is 0 Å². The van der Waals surface area contributed by atoms with Gasteiger partial charge in [-0.05, 0) is 49.4 Å². The van der Waals surface area contributed by atoms with E-state index in [-0.39, 0.29) is 0 Å². The summed E-state index contributed by atoms with van der Waals surface area (Å²) in [5.74, 6) is 4.55. The molecule has 3 fully saturated rings. The molecule has 0 radical (unpaired) electrons. The third-order valence-electron chi connectivity index (χ3n) is 5.83. The minimum atomic E-state index is 0.518. The van der Waals surface area contributed by atoms with Crippen LogP contribution < -0.4 is 0 Å². The average molecular weight is 248 g/mol. The van der Waals surface area contributed by atoms with Crippen LogP contribution in [0.5, 0.6) is 0 Å². The molecule has 0 aromatic rings. The Labute approximate surface area is 112 Å². The van der Waals surface area contributed by atoms with Crippen LogP contribution in [0.3, 0.4) is 0 Å². The molecule has 0 aromatic carbocycles. The summed E-state index contributed by atoms with van der Waals surface area (Å²) in [5, 5.41) is 0. The fourth-order valence-corrected chi connectivity index (χ4v) is 4.26. The number of hydrogen-bond donors (Lipinski definition) is 0. The van der Waals surface area contributed by atoms with E-state index in [0.717, 1.165) is 36.5 Å². The fourth-order valence-electron chi connectivity index (χ4n) is 4.26. The minimum Gasteiger partial charge on any atom is -0.300 e. The molecule has 0 bridgehead atoms. The van der Waals surface area contributed by atoms with Crippen LogP contribution in [0.4, 0.5) is 0 Å². The second-order valence-electron chi connectivity index (χ2n) is 7.18. The van der Waals surface area contributed by atoms with E-state index in [1.807, 2.05) is 0 Å². The fraction of sp³-hybridized carbons (Fsp3) is 0.941. The third-order valence-corrected chi connectivity index (χ3v) is 5.83. The van der Waals surface area contributed by atoms with Gasteiger partial charge in [-0.15, -0.1) is 0 Å². The highest BCUT2D eigenvalue weighted by atomic mass is 16.1. The Hall–Kier alpha value is -0.330. The summed E-state index contributed by atoms with van der Waals surface area (Å²) in [6.45, 7) is 0. The Morgan fingerprint density at radius 2 is 1.11 bits per heavy atom. The molecule has 0 amide bonds. The molecule has 18 heavy (non-hydrogen) atoms. The van der Waals surface area contributed by atoms with Gasteiger partial charge in [-0.3, -0.25) is 4.79 Å². The van der Waals surface area contributed by atoms with Crippen LogP contribution in [0.1, 0.15) is 77.0 Å². The Bertz CT molecular complexity index is 274. The predicted molar refractivity (Wildman–Crippen MR) is 74.4 cm³/mol. The Morgan fingerprint density at radius 1 is 0.667 bits per heavy atom. The summed E-state index contributed by atoms with van der Waals surface area (Å²) in [4.78, 5) is 11.3. The molecule has 1 nitrogen and oxygen atoms in total. The van der Waals surface area contributed by atoms with E-state index in [9.17, 15) is 4.79 Å². The van der Waals surface area contributed by atoms with Gasteiger partial charge < -0.3 is 0 Å². The van der Waals surface area contributed by atoms with Crippen LogP contribution in [-0.2, 0) is 4.79 Å². The van der Waals surface area contributed by atoms with Crippen molar-refractivity contribution in [3.05, 3.63) is 0 Å². The molecule has 0 spiro atoms. The molecule has 3 aliphatic rings. The van der Waals surface area contributed by atoms with E-state index >= 15 is 0 Å². The van der Waals surface area contributed by atoms with Crippen LogP contribution in [0.15, 0.2) is 0 Å². The molecule has 0 aliphatic heterocycles. The van der Waals surface area contributed by atoms with Crippen molar-refractivity contribution in [2.45, 2.75) is 77.0 Å². The van der Waals surface area contributed by atoms with E-state index in [4.69, 9.17) is 0 Å². The standard InChI is InChI=1S/C17H28O/c18-17-11-9-16(10-12-17)15-7-5-14(6-8-15)4-3-13-1-2-13/h13-16H,1-12H2. The van der Waals surface area contributed by atoms with Gasteiger partial charge in [0.1, 0.15) is 5.78 Å². The van der Waals surface area contributed by atoms with Gasteiger partial charge in [0.15, 0.2) is 0 Å². The molecule has 0 aromatic heterocycles. The highest BCUT2D eigenvalue weighted by Gasteiger charge is 2.31. The summed E-state index contributed by atoms with van der Waals surface area (Å²) in [5.41, 5.74) is 0. The van der Waals surface area contributed by atoms with Crippen molar-refractivity contribution < 1.29 is 4.79 Å². The first-order valence-electron chi connectivity index (χ1n) is 8.33. The Morgan fingerprint density at radius 3 is 1.61 bits per heavy atom. The number of carbonyl (C=O) groups excluding carboxylic acids is 1. The van der Waals surface area contributed by atoms with Crippen LogP contribution in [0, 0.1) is 23.7 Å². The number of ketones is 1. The van der Waals surface area contributed by atoms with E-state index in [0.29, 0.717) is 5.78 Å². The molecule has 0 atom stereocenters. The molecular weight excluding hydrogens is 220 g/mol. The van der Waals surface area contributed by atoms with Crippen molar-refractivity contribution in [2.75, 3.05) is 0 Å². The molecule has 3 rings (SSSR count). The van der Waals surface area contributed by atoms with Crippen molar-refractivity contribution in [2.24, 2.45) is 23.7 Å². The average Bonchev–Trinajstić information content (AvgIpc) is 3.22. The molecule has 0 saturated heterocycles. The third kappa shape index (κ3) is 3.36. The zero-order chi connectivity index (χ0) is 12.4. The Balaban J connectivity index is 1.37. The van der Waals surface area contributed by atoms with E-state index in [2.05, 4.69) is 0 Å². The van der Waals surface area contributed by atoms with Crippen LogP contribution in [-0.4, -0.2) is 5.78 Å². The smallest absolute Gasteiger partial charge is 0.132 e. The topological polar surface area (TPSA) is 17.1 Å². The van der Waals surface area contributed by atoms with Gasteiger partial charge in [-0.25, -0.2) is 0 Å². The highest BCUT2D eigenvalue weighted by Crippen LogP contribution is 2.42. The van der Waals surface area contributed by atoms with Crippen molar-refractivity contribution in [1.29, 1.82) is 0 Å². The summed E-state index contributed by atoms with van der Waals surface area (Å²) in [6, 6.07) is 0. The molecule has 0 heterocycles. The number of carbonyl (C=O) groups is 1. The Kier molecular flexibility index (Phi) is 4.06. The summed E-state index contributed by atoms with van der Waals surface area (Å²) in [6.07, 6.45) is 16.2.